The van der Waals surface area contributed by atoms with Gasteiger partial charge in [0.2, 0.25) is 10.0 Å². The summed E-state index contributed by atoms with van der Waals surface area (Å²) in [4.78, 5) is 4.18. The Kier molecular flexibility index (Phi) is 5.06. The lowest BCUT2D eigenvalue weighted by Gasteiger charge is -2.15. The lowest BCUT2D eigenvalue weighted by molar-refractivity contribution is 0.271. The molecule has 1 heterocycles. The summed E-state index contributed by atoms with van der Waals surface area (Å²) in [7, 11) is -0.494. The molecular weight excluding hydrogens is 254 g/mol. The fourth-order valence-corrected chi connectivity index (χ4v) is 2.16. The monoisotopic (exact) mass is 273 g/mol. The van der Waals surface area contributed by atoms with Gasteiger partial charge in [0.05, 0.1) is 12.6 Å². The molecule has 7 heteroatoms. The molecule has 0 aliphatic rings. The Morgan fingerprint density at radius 1 is 1.44 bits per heavy atom. The zero-order valence-corrected chi connectivity index (χ0v) is 11.6. The molecule has 0 saturated carbocycles. The van der Waals surface area contributed by atoms with Gasteiger partial charge < -0.3 is 10.4 Å². The molecule has 2 N–H and O–H groups in total. The number of aliphatic hydroxyl groups excluding tert-OH is 1. The van der Waals surface area contributed by atoms with Gasteiger partial charge in [-0.05, 0) is 18.6 Å². The first-order valence-corrected chi connectivity index (χ1v) is 7.11. The molecule has 0 saturated heterocycles. The number of hydrogen-bond donors (Lipinski definition) is 2. The molecule has 1 atom stereocenters. The van der Waals surface area contributed by atoms with Crippen LogP contribution in [0.5, 0.6) is 0 Å². The summed E-state index contributed by atoms with van der Waals surface area (Å²) in [6, 6.07) is 3.01. The van der Waals surface area contributed by atoms with E-state index in [1.165, 1.54) is 26.4 Å². The fraction of sp³-hybridized carbons (Fsp3) is 0.545. The Morgan fingerprint density at radius 3 is 2.50 bits per heavy atom. The van der Waals surface area contributed by atoms with E-state index in [9.17, 15) is 8.42 Å². The minimum Gasteiger partial charge on any atom is -0.394 e. The van der Waals surface area contributed by atoms with E-state index in [1.807, 2.05) is 6.92 Å². The van der Waals surface area contributed by atoms with E-state index in [1.54, 1.807) is 6.07 Å². The maximum atomic E-state index is 11.8. The zero-order chi connectivity index (χ0) is 13.8. The van der Waals surface area contributed by atoms with Crippen molar-refractivity contribution >= 4 is 15.8 Å². The van der Waals surface area contributed by atoms with Gasteiger partial charge in [-0.25, -0.2) is 17.7 Å². The predicted molar refractivity (Wildman–Crippen MR) is 69.9 cm³/mol. The van der Waals surface area contributed by atoms with Crippen LogP contribution in [0.4, 0.5) is 5.82 Å². The molecule has 1 aromatic heterocycles. The minimum absolute atomic E-state index is 0.00985. The molecule has 0 bridgehead atoms. The molecule has 18 heavy (non-hydrogen) atoms. The topological polar surface area (TPSA) is 82.5 Å². The summed E-state index contributed by atoms with van der Waals surface area (Å²) < 4.78 is 24.7. The Hall–Kier alpha value is -1.18. The van der Waals surface area contributed by atoms with Gasteiger partial charge in [-0.2, -0.15) is 0 Å². The number of sulfonamides is 1. The van der Waals surface area contributed by atoms with Gasteiger partial charge in [0.1, 0.15) is 10.7 Å². The van der Waals surface area contributed by atoms with E-state index >= 15 is 0 Å². The van der Waals surface area contributed by atoms with Crippen LogP contribution in [0.1, 0.15) is 13.3 Å². The fourth-order valence-electron chi connectivity index (χ4n) is 1.32. The van der Waals surface area contributed by atoms with Crippen LogP contribution in [0, 0.1) is 0 Å². The summed E-state index contributed by atoms with van der Waals surface area (Å²) in [5, 5.41) is 12.1. The molecule has 1 unspecified atom stereocenters. The molecule has 1 rings (SSSR count). The van der Waals surface area contributed by atoms with Crippen molar-refractivity contribution in [1.82, 2.24) is 9.29 Å². The number of aliphatic hydroxyl groups is 1. The maximum absolute atomic E-state index is 11.8. The van der Waals surface area contributed by atoms with Gasteiger partial charge in [-0.1, -0.05) is 6.92 Å². The Bertz CT molecular complexity index is 467. The third kappa shape index (κ3) is 3.41. The molecule has 0 amide bonds. The maximum Gasteiger partial charge on any atom is 0.244 e. The summed E-state index contributed by atoms with van der Waals surface area (Å²) in [6.07, 6.45) is 2.07. The summed E-state index contributed by atoms with van der Waals surface area (Å²) >= 11 is 0. The van der Waals surface area contributed by atoms with Crippen LogP contribution in [0.3, 0.4) is 0 Å². The van der Waals surface area contributed by atoms with E-state index in [2.05, 4.69) is 10.3 Å². The highest BCUT2D eigenvalue weighted by molar-refractivity contribution is 7.89. The second-order valence-electron chi connectivity index (χ2n) is 4.10. The Morgan fingerprint density at radius 2 is 2.11 bits per heavy atom. The smallest absolute Gasteiger partial charge is 0.244 e. The first-order chi connectivity index (χ1) is 8.41. The highest BCUT2D eigenvalue weighted by Gasteiger charge is 2.17. The van der Waals surface area contributed by atoms with E-state index < -0.39 is 10.0 Å². The SMILES string of the molecule is CCC(CO)Nc1ccc(S(=O)(=O)N(C)C)cn1. The first-order valence-electron chi connectivity index (χ1n) is 5.67. The summed E-state index contributed by atoms with van der Waals surface area (Å²) in [6.45, 7) is 1.95. The third-order valence-electron chi connectivity index (χ3n) is 2.58. The van der Waals surface area contributed by atoms with E-state index in [-0.39, 0.29) is 17.5 Å². The van der Waals surface area contributed by atoms with E-state index in [0.717, 1.165) is 10.7 Å². The van der Waals surface area contributed by atoms with Gasteiger partial charge >= 0.3 is 0 Å². The van der Waals surface area contributed by atoms with Crippen LogP contribution >= 0.6 is 0 Å². The average molecular weight is 273 g/mol. The van der Waals surface area contributed by atoms with Crippen molar-refractivity contribution in [3.05, 3.63) is 18.3 Å². The summed E-state index contributed by atoms with van der Waals surface area (Å²) in [5.74, 6) is 0.550. The highest BCUT2D eigenvalue weighted by atomic mass is 32.2. The highest BCUT2D eigenvalue weighted by Crippen LogP contribution is 2.14. The van der Waals surface area contributed by atoms with Crippen molar-refractivity contribution < 1.29 is 13.5 Å². The number of nitrogens with zero attached hydrogens (tertiary/aromatic N) is 2. The summed E-state index contributed by atoms with van der Waals surface area (Å²) in [5.41, 5.74) is 0. The largest absolute Gasteiger partial charge is 0.394 e. The van der Waals surface area contributed by atoms with E-state index in [4.69, 9.17) is 5.11 Å². The Balaban J connectivity index is 2.87. The van der Waals surface area contributed by atoms with Crippen LogP contribution in [0.2, 0.25) is 0 Å². The number of anilines is 1. The van der Waals surface area contributed by atoms with Crippen LogP contribution in [0.15, 0.2) is 23.2 Å². The van der Waals surface area contributed by atoms with Gasteiger partial charge in [0, 0.05) is 20.3 Å². The van der Waals surface area contributed by atoms with Crippen molar-refractivity contribution in [2.24, 2.45) is 0 Å². The lowest BCUT2D eigenvalue weighted by atomic mass is 10.2. The van der Waals surface area contributed by atoms with Crippen molar-refractivity contribution in [2.45, 2.75) is 24.3 Å². The van der Waals surface area contributed by atoms with Crippen molar-refractivity contribution in [3.63, 3.8) is 0 Å². The lowest BCUT2D eigenvalue weighted by Crippen LogP contribution is -2.24. The molecule has 0 aromatic carbocycles. The second-order valence-corrected chi connectivity index (χ2v) is 6.25. The number of pyridine rings is 1. The quantitative estimate of drug-likeness (QED) is 0.789. The van der Waals surface area contributed by atoms with Crippen LogP contribution in [-0.2, 0) is 10.0 Å². The van der Waals surface area contributed by atoms with Crippen molar-refractivity contribution in [1.29, 1.82) is 0 Å². The standard InChI is InChI=1S/C11H19N3O3S/c1-4-9(8-15)13-11-6-5-10(7-12-11)18(16,17)14(2)3/h5-7,9,15H,4,8H2,1-3H3,(H,12,13). The Labute approximate surface area is 108 Å². The number of nitrogens with one attached hydrogen (secondary N) is 1. The molecule has 0 spiro atoms. The molecule has 102 valence electrons. The normalized spacial score (nSPS) is 13.6. The second kappa shape index (κ2) is 6.12. The van der Waals surface area contributed by atoms with E-state index in [0.29, 0.717) is 5.82 Å². The third-order valence-corrected chi connectivity index (χ3v) is 4.38. The average Bonchev–Trinajstić information content (AvgIpc) is 2.36. The predicted octanol–water partition coefficient (Wildman–Crippen LogP) is 0.515. The van der Waals surface area contributed by atoms with Crippen molar-refractivity contribution in [2.75, 3.05) is 26.0 Å². The molecule has 0 aliphatic carbocycles. The van der Waals surface area contributed by atoms with Gasteiger partial charge in [0.15, 0.2) is 0 Å². The van der Waals surface area contributed by atoms with Crippen LogP contribution in [0.25, 0.3) is 0 Å². The van der Waals surface area contributed by atoms with Crippen molar-refractivity contribution in [3.8, 4) is 0 Å². The minimum atomic E-state index is -3.44. The van der Waals surface area contributed by atoms with Crippen LogP contribution in [-0.4, -0.2) is 49.6 Å². The number of hydrogen-bond acceptors (Lipinski definition) is 5. The molecular formula is C11H19N3O3S. The van der Waals surface area contributed by atoms with Gasteiger partial charge in [-0.3, -0.25) is 0 Å². The van der Waals surface area contributed by atoms with Crippen LogP contribution < -0.4 is 5.32 Å². The van der Waals surface area contributed by atoms with Gasteiger partial charge in [-0.15, -0.1) is 0 Å². The molecule has 0 fully saturated rings. The molecule has 0 aliphatic heterocycles. The molecule has 0 radical (unpaired) electrons. The first kappa shape index (κ1) is 14.9. The number of aromatic nitrogens is 1. The zero-order valence-electron chi connectivity index (χ0n) is 10.8. The van der Waals surface area contributed by atoms with Gasteiger partial charge in [0.25, 0.3) is 0 Å². The molecule has 6 nitrogen and oxygen atoms in total. The number of rotatable bonds is 6. The molecule has 1 aromatic rings.